The number of hydrazine groups is 1. The Morgan fingerprint density at radius 3 is 2.65 bits per heavy atom. The van der Waals surface area contributed by atoms with Crippen molar-refractivity contribution in [1.29, 1.82) is 10.7 Å². The van der Waals surface area contributed by atoms with Gasteiger partial charge < -0.3 is 25.2 Å². The lowest BCUT2D eigenvalue weighted by molar-refractivity contribution is 0.0306. The Hall–Kier alpha value is -4.36. The van der Waals surface area contributed by atoms with Gasteiger partial charge in [-0.25, -0.2) is 24.4 Å². The van der Waals surface area contributed by atoms with Gasteiger partial charge in [-0.15, -0.1) is 11.3 Å². The lowest BCUT2D eigenvalue weighted by Gasteiger charge is -2.50. The SMILES string of the molecule is CN(C)CC1(COc2nc(N3CCC4(CCN4C(=O)N(N)C=N)C3)c3cc(Cl)c(-c4ccc(F)c5sc(N)c(C#N)c45)c(F)c3n2)CC1. The molecule has 1 atom stereocenters. The van der Waals surface area contributed by atoms with Gasteiger partial charge in [-0.2, -0.15) is 15.2 Å². The maximum Gasteiger partial charge on any atom is 0.340 e. The number of benzene rings is 2. The quantitative estimate of drug-likeness (QED) is 0.0742. The molecule has 1 spiro atoms. The first kappa shape index (κ1) is 32.2. The van der Waals surface area contributed by atoms with Crippen molar-refractivity contribution in [2.45, 2.75) is 31.2 Å². The molecule has 4 aromatic rings. The molecule has 3 aliphatic rings. The van der Waals surface area contributed by atoms with Crippen LogP contribution in [-0.2, 0) is 0 Å². The Morgan fingerprint density at radius 2 is 2.00 bits per heavy atom. The monoisotopic (exact) mass is 694 g/mol. The molecule has 1 saturated carbocycles. The van der Waals surface area contributed by atoms with E-state index >= 15 is 4.39 Å². The summed E-state index contributed by atoms with van der Waals surface area (Å²) in [6, 6.07) is 5.71. The minimum atomic E-state index is -0.777. The lowest BCUT2D eigenvalue weighted by atomic mass is 9.84. The topological polar surface area (TPSA) is 165 Å². The second kappa shape index (κ2) is 11.7. The standard InChI is InChI=1S/C32H33ClF2N10O2S/c1-42(2)13-31(5-6-31)15-47-29-40-25-18(28(41-29)43-9-7-32(14-43)8-10-44(32)30(46)45(39)16-37)11-20(33)23(24(25)35)17-3-4-21(34)26-22(17)19(12-36)27(38)48-26/h3-4,11,16,37H,5-10,13-15,38-39H2,1-2H3. The molecule has 7 rings (SSSR count). The number of likely N-dealkylation sites (tertiary alicyclic amines) is 1. The molecular weight excluding hydrogens is 662 g/mol. The molecule has 1 aliphatic carbocycles. The molecule has 5 N–H and O–H groups in total. The number of anilines is 2. The summed E-state index contributed by atoms with van der Waals surface area (Å²) in [7, 11) is 4.00. The second-order valence-corrected chi connectivity index (χ2v) is 14.6. The van der Waals surface area contributed by atoms with Crippen molar-refractivity contribution in [3.8, 4) is 23.2 Å². The molecule has 4 heterocycles. The average molecular weight is 695 g/mol. The number of hydrogen-bond donors (Lipinski definition) is 3. The van der Waals surface area contributed by atoms with Crippen LogP contribution in [0.4, 0.5) is 24.4 Å². The fourth-order valence-electron chi connectivity index (χ4n) is 7.13. The van der Waals surface area contributed by atoms with Crippen LogP contribution in [0.15, 0.2) is 18.2 Å². The van der Waals surface area contributed by atoms with Crippen molar-refractivity contribution in [1.82, 2.24) is 24.8 Å². The first-order valence-corrected chi connectivity index (χ1v) is 16.6. The van der Waals surface area contributed by atoms with Gasteiger partial charge in [-0.1, -0.05) is 17.7 Å². The number of halogens is 3. The average Bonchev–Trinajstić information content (AvgIpc) is 3.47. The molecule has 12 nitrogen and oxygen atoms in total. The maximum absolute atomic E-state index is 17.0. The number of nitrogens with two attached hydrogens (primary N) is 2. The molecule has 2 aliphatic heterocycles. The highest BCUT2D eigenvalue weighted by atomic mass is 35.5. The summed E-state index contributed by atoms with van der Waals surface area (Å²) in [4.78, 5) is 28.0. The Kier molecular flexibility index (Phi) is 7.82. The summed E-state index contributed by atoms with van der Waals surface area (Å²) in [5.41, 5.74) is 5.64. The number of aromatic nitrogens is 2. The number of hydrogen-bond acceptors (Lipinski definition) is 11. The smallest absolute Gasteiger partial charge is 0.340 e. The number of nitrogens with one attached hydrogen (secondary N) is 1. The molecular formula is C32H33ClF2N10O2S. The van der Waals surface area contributed by atoms with Crippen molar-refractivity contribution in [3.63, 3.8) is 0 Å². The van der Waals surface area contributed by atoms with Crippen LogP contribution in [0.2, 0.25) is 5.02 Å². The number of ether oxygens (including phenoxy) is 1. The molecule has 2 aromatic carbocycles. The van der Waals surface area contributed by atoms with E-state index in [9.17, 15) is 14.4 Å². The normalized spacial score (nSPS) is 19.6. The number of fused-ring (bicyclic) bond motifs is 2. The molecule has 0 radical (unpaired) electrons. The molecule has 16 heteroatoms. The second-order valence-electron chi connectivity index (χ2n) is 13.2. The minimum Gasteiger partial charge on any atom is -0.463 e. The van der Waals surface area contributed by atoms with Crippen LogP contribution in [0.5, 0.6) is 6.01 Å². The van der Waals surface area contributed by atoms with Crippen molar-refractivity contribution < 1.29 is 18.3 Å². The van der Waals surface area contributed by atoms with Gasteiger partial charge in [0.05, 0.1) is 27.4 Å². The molecule has 2 aromatic heterocycles. The Balaban J connectivity index is 1.35. The van der Waals surface area contributed by atoms with Gasteiger partial charge in [0.15, 0.2) is 5.82 Å². The van der Waals surface area contributed by atoms with Crippen molar-refractivity contribution in [2.24, 2.45) is 11.3 Å². The van der Waals surface area contributed by atoms with E-state index in [1.54, 1.807) is 11.0 Å². The molecule has 3 fully saturated rings. The van der Waals surface area contributed by atoms with Gasteiger partial charge in [-0.05, 0) is 57.5 Å². The Bertz CT molecular complexity index is 2050. The third-order valence-corrected chi connectivity index (χ3v) is 11.1. The third kappa shape index (κ3) is 5.14. The number of rotatable bonds is 8. The number of urea groups is 1. The highest BCUT2D eigenvalue weighted by molar-refractivity contribution is 7.23. The molecule has 250 valence electrons. The van der Waals surface area contributed by atoms with Gasteiger partial charge in [0, 0.05) is 47.9 Å². The number of thiophene rings is 1. The summed E-state index contributed by atoms with van der Waals surface area (Å²) in [5, 5.41) is 18.7. The van der Waals surface area contributed by atoms with Crippen molar-refractivity contribution in [3.05, 3.63) is 40.4 Å². The molecule has 2 saturated heterocycles. The van der Waals surface area contributed by atoms with Crippen LogP contribution in [0.3, 0.4) is 0 Å². The van der Waals surface area contributed by atoms with Crippen LogP contribution in [0.25, 0.3) is 32.1 Å². The minimum absolute atomic E-state index is 0.00382. The fraction of sp³-hybridized carbons (Fsp3) is 0.406. The third-order valence-electron chi connectivity index (χ3n) is 9.75. The molecule has 2 amide bonds. The van der Waals surface area contributed by atoms with Crippen LogP contribution in [-0.4, -0.2) is 89.6 Å². The highest BCUT2D eigenvalue weighted by Gasteiger charge is 2.53. The predicted molar refractivity (Wildman–Crippen MR) is 181 cm³/mol. The predicted octanol–water partition coefficient (Wildman–Crippen LogP) is 5.17. The lowest BCUT2D eigenvalue weighted by Crippen LogP contribution is -2.66. The zero-order valence-electron chi connectivity index (χ0n) is 26.3. The number of amides is 2. The van der Waals surface area contributed by atoms with Gasteiger partial charge in [0.25, 0.3) is 0 Å². The number of carbonyl (C=O) groups is 1. The molecule has 48 heavy (non-hydrogen) atoms. The van der Waals surface area contributed by atoms with E-state index in [1.165, 1.54) is 12.1 Å². The van der Waals surface area contributed by atoms with Gasteiger partial charge in [0.1, 0.15) is 34.6 Å². The zero-order valence-corrected chi connectivity index (χ0v) is 27.9. The number of nitriles is 1. The number of carbonyl (C=O) groups excluding carboxylic acids is 1. The number of nitrogens with zero attached hydrogens (tertiary/aromatic N) is 7. The summed E-state index contributed by atoms with van der Waals surface area (Å²) in [6.45, 7) is 2.54. The van der Waals surface area contributed by atoms with E-state index in [4.69, 9.17) is 38.3 Å². The largest absolute Gasteiger partial charge is 0.463 e. The Labute approximate surface area is 283 Å². The highest BCUT2D eigenvalue weighted by Crippen LogP contribution is 2.48. The maximum atomic E-state index is 17.0. The van der Waals surface area contributed by atoms with Crippen molar-refractivity contribution >= 4 is 67.1 Å². The summed E-state index contributed by atoms with van der Waals surface area (Å²) in [5.74, 6) is 4.76. The fourth-order valence-corrected chi connectivity index (χ4v) is 8.37. The van der Waals surface area contributed by atoms with Crippen LogP contribution >= 0.6 is 22.9 Å². The van der Waals surface area contributed by atoms with E-state index in [0.29, 0.717) is 43.9 Å². The Morgan fingerprint density at radius 1 is 1.25 bits per heavy atom. The molecule has 1 unspecified atom stereocenters. The van der Waals surface area contributed by atoms with E-state index in [0.717, 1.165) is 48.5 Å². The van der Waals surface area contributed by atoms with Gasteiger partial charge >= 0.3 is 12.0 Å². The van der Waals surface area contributed by atoms with Gasteiger partial charge in [0.2, 0.25) is 0 Å². The van der Waals surface area contributed by atoms with Crippen LogP contribution < -0.4 is 21.2 Å². The van der Waals surface area contributed by atoms with E-state index in [2.05, 4.69) is 9.88 Å². The summed E-state index contributed by atoms with van der Waals surface area (Å²) in [6.07, 6.45) is 4.07. The zero-order chi connectivity index (χ0) is 34.1. The number of nitrogen functional groups attached to an aromatic ring is 1. The van der Waals surface area contributed by atoms with E-state index in [-0.39, 0.29) is 53.7 Å². The first-order chi connectivity index (χ1) is 22.9. The van der Waals surface area contributed by atoms with Gasteiger partial charge in [-0.3, -0.25) is 5.41 Å². The van der Waals surface area contributed by atoms with Crippen LogP contribution in [0, 0.1) is 33.8 Å². The summed E-state index contributed by atoms with van der Waals surface area (Å²) < 4.78 is 38.2. The first-order valence-electron chi connectivity index (χ1n) is 15.4. The van der Waals surface area contributed by atoms with E-state index in [1.807, 2.05) is 25.1 Å². The van der Waals surface area contributed by atoms with E-state index < -0.39 is 23.2 Å². The van der Waals surface area contributed by atoms with Crippen LogP contribution in [0.1, 0.15) is 31.2 Å². The van der Waals surface area contributed by atoms with Crippen molar-refractivity contribution in [2.75, 3.05) is 57.5 Å². The summed E-state index contributed by atoms with van der Waals surface area (Å²) >= 11 is 7.76. The molecule has 0 bridgehead atoms.